The van der Waals surface area contributed by atoms with Gasteiger partial charge in [0.15, 0.2) is 5.96 Å². The molecule has 0 saturated heterocycles. The first-order valence-electron chi connectivity index (χ1n) is 4.71. The van der Waals surface area contributed by atoms with E-state index >= 15 is 0 Å². The van der Waals surface area contributed by atoms with Crippen LogP contribution >= 0.6 is 0 Å². The largest absolute Gasteiger partial charge is 0.354 e. The molecule has 0 rings (SSSR count). The Morgan fingerprint density at radius 2 is 1.42 bits per heavy atom. The lowest BCUT2D eigenvalue weighted by Crippen LogP contribution is -2.44. The van der Waals surface area contributed by atoms with E-state index in [-0.39, 0.29) is 0 Å². The average molecular weight is 171 g/mol. The molecule has 72 valence electrons. The molecule has 3 N–H and O–H groups in total. The van der Waals surface area contributed by atoms with Crippen molar-refractivity contribution in [1.82, 2.24) is 10.6 Å². The van der Waals surface area contributed by atoms with Crippen LogP contribution < -0.4 is 10.6 Å². The number of guanidine groups is 1. The van der Waals surface area contributed by atoms with Gasteiger partial charge in [-0.15, -0.1) is 0 Å². The van der Waals surface area contributed by atoms with Gasteiger partial charge in [0, 0.05) is 12.1 Å². The maximum atomic E-state index is 7.53. The first-order valence-corrected chi connectivity index (χ1v) is 4.71. The minimum Gasteiger partial charge on any atom is -0.354 e. The second kappa shape index (κ2) is 5.86. The van der Waals surface area contributed by atoms with Crippen molar-refractivity contribution in [1.29, 1.82) is 5.41 Å². The van der Waals surface area contributed by atoms with E-state index in [0.29, 0.717) is 18.0 Å². The SMILES string of the molecule is CCC(C)NC(=N)NC(C)CC. The van der Waals surface area contributed by atoms with Gasteiger partial charge in [0.05, 0.1) is 0 Å². The third-order valence-electron chi connectivity index (χ3n) is 2.01. The summed E-state index contributed by atoms with van der Waals surface area (Å²) in [5.41, 5.74) is 0. The van der Waals surface area contributed by atoms with Gasteiger partial charge < -0.3 is 10.6 Å². The summed E-state index contributed by atoms with van der Waals surface area (Å²) in [6, 6.07) is 0.767. The third-order valence-corrected chi connectivity index (χ3v) is 2.01. The van der Waals surface area contributed by atoms with Gasteiger partial charge in [-0.1, -0.05) is 13.8 Å². The van der Waals surface area contributed by atoms with Gasteiger partial charge in [-0.05, 0) is 26.7 Å². The molecular formula is C9H21N3. The monoisotopic (exact) mass is 171 g/mol. The Labute approximate surface area is 75.4 Å². The fourth-order valence-corrected chi connectivity index (χ4v) is 0.739. The maximum absolute atomic E-state index is 7.53. The van der Waals surface area contributed by atoms with Crippen LogP contribution in [0.3, 0.4) is 0 Å². The van der Waals surface area contributed by atoms with E-state index in [2.05, 4.69) is 38.3 Å². The Balaban J connectivity index is 3.59. The van der Waals surface area contributed by atoms with E-state index < -0.39 is 0 Å². The molecule has 0 aliphatic heterocycles. The number of hydrogen-bond donors (Lipinski definition) is 3. The fraction of sp³-hybridized carbons (Fsp3) is 0.889. The molecule has 0 radical (unpaired) electrons. The molecule has 0 aliphatic rings. The molecule has 0 aliphatic carbocycles. The van der Waals surface area contributed by atoms with Gasteiger partial charge in [-0.3, -0.25) is 5.41 Å². The zero-order chi connectivity index (χ0) is 9.56. The molecule has 0 aromatic rings. The Morgan fingerprint density at radius 1 is 1.08 bits per heavy atom. The van der Waals surface area contributed by atoms with Crippen LogP contribution in [0.4, 0.5) is 0 Å². The normalized spacial score (nSPS) is 15.0. The fourth-order valence-electron chi connectivity index (χ4n) is 0.739. The summed E-state index contributed by atoms with van der Waals surface area (Å²) >= 11 is 0. The quantitative estimate of drug-likeness (QED) is 0.445. The highest BCUT2D eigenvalue weighted by Crippen LogP contribution is 1.89. The highest BCUT2D eigenvalue weighted by molar-refractivity contribution is 5.76. The Hall–Kier alpha value is -0.730. The molecule has 2 unspecified atom stereocenters. The predicted molar refractivity (Wildman–Crippen MR) is 53.5 cm³/mol. The minimum absolute atomic E-state index is 0.383. The summed E-state index contributed by atoms with van der Waals surface area (Å²) in [4.78, 5) is 0. The highest BCUT2D eigenvalue weighted by atomic mass is 15.2. The van der Waals surface area contributed by atoms with Crippen LogP contribution in [-0.2, 0) is 0 Å². The summed E-state index contributed by atoms with van der Waals surface area (Å²) in [6.07, 6.45) is 2.09. The van der Waals surface area contributed by atoms with E-state index in [1.807, 2.05) is 0 Å². The molecule has 3 heteroatoms. The summed E-state index contributed by atoms with van der Waals surface area (Å²) in [5.74, 6) is 0.443. The number of rotatable bonds is 4. The van der Waals surface area contributed by atoms with Gasteiger partial charge in [0.1, 0.15) is 0 Å². The number of nitrogens with one attached hydrogen (secondary N) is 3. The molecular weight excluding hydrogens is 150 g/mol. The van der Waals surface area contributed by atoms with Crippen molar-refractivity contribution in [3.63, 3.8) is 0 Å². The van der Waals surface area contributed by atoms with Crippen LogP contribution in [-0.4, -0.2) is 18.0 Å². The number of hydrogen-bond acceptors (Lipinski definition) is 1. The summed E-state index contributed by atoms with van der Waals surface area (Å²) in [5, 5.41) is 13.7. The molecule has 12 heavy (non-hydrogen) atoms. The zero-order valence-corrected chi connectivity index (χ0v) is 8.57. The van der Waals surface area contributed by atoms with E-state index in [1.54, 1.807) is 0 Å². The van der Waals surface area contributed by atoms with Gasteiger partial charge in [-0.25, -0.2) is 0 Å². The van der Waals surface area contributed by atoms with Crippen LogP contribution in [0.25, 0.3) is 0 Å². The molecule has 0 aromatic carbocycles. The van der Waals surface area contributed by atoms with Crippen LogP contribution in [0.2, 0.25) is 0 Å². The molecule has 0 fully saturated rings. The van der Waals surface area contributed by atoms with Crippen molar-refractivity contribution in [3.8, 4) is 0 Å². The van der Waals surface area contributed by atoms with Crippen molar-refractivity contribution in [2.75, 3.05) is 0 Å². The second-order valence-electron chi connectivity index (χ2n) is 3.28. The van der Waals surface area contributed by atoms with Crippen LogP contribution in [0.5, 0.6) is 0 Å². The second-order valence-corrected chi connectivity index (χ2v) is 3.28. The molecule has 3 nitrogen and oxygen atoms in total. The molecule has 0 aromatic heterocycles. The first kappa shape index (κ1) is 11.3. The van der Waals surface area contributed by atoms with Crippen LogP contribution in [0, 0.1) is 5.41 Å². The molecule has 0 bridgehead atoms. The Bertz CT molecular complexity index is 120. The van der Waals surface area contributed by atoms with E-state index in [0.717, 1.165) is 12.8 Å². The van der Waals surface area contributed by atoms with Gasteiger partial charge in [0.2, 0.25) is 0 Å². The average Bonchev–Trinajstić information content (AvgIpc) is 2.03. The van der Waals surface area contributed by atoms with Crippen molar-refractivity contribution in [2.24, 2.45) is 0 Å². The van der Waals surface area contributed by atoms with Gasteiger partial charge in [-0.2, -0.15) is 0 Å². The maximum Gasteiger partial charge on any atom is 0.188 e. The smallest absolute Gasteiger partial charge is 0.188 e. The summed E-state index contributed by atoms with van der Waals surface area (Å²) < 4.78 is 0. The van der Waals surface area contributed by atoms with Gasteiger partial charge in [0.25, 0.3) is 0 Å². The lowest BCUT2D eigenvalue weighted by Gasteiger charge is -2.18. The zero-order valence-electron chi connectivity index (χ0n) is 8.57. The molecule has 0 saturated carbocycles. The lowest BCUT2D eigenvalue weighted by molar-refractivity contribution is 0.583. The summed E-state index contributed by atoms with van der Waals surface area (Å²) in [7, 11) is 0. The molecule has 2 atom stereocenters. The van der Waals surface area contributed by atoms with E-state index in [1.165, 1.54) is 0 Å². The molecule has 0 heterocycles. The van der Waals surface area contributed by atoms with Crippen LogP contribution in [0.15, 0.2) is 0 Å². The third kappa shape index (κ3) is 4.99. The standard InChI is InChI=1S/C9H21N3/c1-5-7(3)11-9(10)12-8(4)6-2/h7-8H,5-6H2,1-4H3,(H3,10,11,12). The predicted octanol–water partition coefficient (Wildman–Crippen LogP) is 1.70. The first-order chi connectivity index (χ1) is 5.60. The van der Waals surface area contributed by atoms with Crippen molar-refractivity contribution in [3.05, 3.63) is 0 Å². The highest BCUT2D eigenvalue weighted by Gasteiger charge is 2.03. The van der Waals surface area contributed by atoms with Crippen molar-refractivity contribution in [2.45, 2.75) is 52.6 Å². The van der Waals surface area contributed by atoms with Crippen molar-refractivity contribution < 1.29 is 0 Å². The van der Waals surface area contributed by atoms with E-state index in [4.69, 9.17) is 5.41 Å². The summed E-state index contributed by atoms with van der Waals surface area (Å²) in [6.45, 7) is 8.36. The van der Waals surface area contributed by atoms with Crippen molar-refractivity contribution >= 4 is 5.96 Å². The topological polar surface area (TPSA) is 47.9 Å². The minimum atomic E-state index is 0.383. The Morgan fingerprint density at radius 3 is 1.67 bits per heavy atom. The van der Waals surface area contributed by atoms with E-state index in [9.17, 15) is 0 Å². The van der Waals surface area contributed by atoms with Gasteiger partial charge >= 0.3 is 0 Å². The Kier molecular flexibility index (Phi) is 5.51. The lowest BCUT2D eigenvalue weighted by atomic mass is 10.2. The molecule has 0 spiro atoms. The van der Waals surface area contributed by atoms with Crippen LogP contribution in [0.1, 0.15) is 40.5 Å². The molecule has 0 amide bonds.